The van der Waals surface area contributed by atoms with Gasteiger partial charge in [0.2, 0.25) is 0 Å². The second-order valence-corrected chi connectivity index (χ2v) is 4.14. The number of hydrogen-bond acceptors (Lipinski definition) is 1. The second kappa shape index (κ2) is 4.61. The number of unbranched alkanes of at least 4 members (excludes halogenated alkanes) is 1. The lowest BCUT2D eigenvalue weighted by molar-refractivity contribution is 0.383. The lowest BCUT2D eigenvalue weighted by Gasteiger charge is -2.28. The van der Waals surface area contributed by atoms with E-state index < -0.39 is 0 Å². The highest BCUT2D eigenvalue weighted by Gasteiger charge is 2.17. The summed E-state index contributed by atoms with van der Waals surface area (Å²) in [6, 6.07) is 9.76. The van der Waals surface area contributed by atoms with Crippen LogP contribution in [0.1, 0.15) is 43.4 Å². The molecule has 1 aromatic rings. The Morgan fingerprint density at radius 2 is 2.00 bits per heavy atom. The Morgan fingerprint density at radius 3 is 2.50 bits per heavy atom. The molecule has 0 saturated carbocycles. The summed E-state index contributed by atoms with van der Waals surface area (Å²) in [6.07, 6.45) is 5.12. The van der Waals surface area contributed by atoms with Gasteiger partial charge in [0.1, 0.15) is 0 Å². The van der Waals surface area contributed by atoms with Crippen molar-refractivity contribution in [3.05, 3.63) is 35.4 Å². The molecule has 0 aromatic heterocycles. The number of nitrogens with one attached hydrogen (secondary N) is 1. The van der Waals surface area contributed by atoms with Gasteiger partial charge in [-0.1, -0.05) is 37.6 Å². The van der Waals surface area contributed by atoms with Crippen molar-refractivity contribution >= 4 is 0 Å². The molecule has 1 N–H and O–H groups in total. The van der Waals surface area contributed by atoms with E-state index in [1.54, 1.807) is 0 Å². The van der Waals surface area contributed by atoms with Gasteiger partial charge in [-0.05, 0) is 36.9 Å². The maximum absolute atomic E-state index is 3.42. The average molecular weight is 189 g/mol. The number of aryl methyl sites for hydroxylation is 1. The quantitative estimate of drug-likeness (QED) is 0.767. The predicted molar refractivity (Wildman–Crippen MR) is 60.4 cm³/mol. The summed E-state index contributed by atoms with van der Waals surface area (Å²) in [4.78, 5) is 0. The fraction of sp³-hybridized carbons (Fsp3) is 0.538. The van der Waals surface area contributed by atoms with Crippen molar-refractivity contribution in [2.75, 3.05) is 6.54 Å². The van der Waals surface area contributed by atoms with E-state index in [4.69, 9.17) is 0 Å². The van der Waals surface area contributed by atoms with Crippen LogP contribution in [0.25, 0.3) is 0 Å². The molecule has 2 rings (SSSR count). The summed E-state index contributed by atoms with van der Waals surface area (Å²) in [5.41, 5.74) is 2.94. The first-order valence-electron chi connectivity index (χ1n) is 5.72. The molecule has 14 heavy (non-hydrogen) atoms. The molecule has 0 amide bonds. The largest absolute Gasteiger partial charge is 0.310 e. The molecular formula is C13H19N. The molecule has 1 heteroatoms. The molecule has 1 atom stereocenters. The van der Waals surface area contributed by atoms with E-state index in [0.717, 1.165) is 0 Å². The van der Waals surface area contributed by atoms with Crippen molar-refractivity contribution in [2.24, 2.45) is 0 Å². The predicted octanol–water partition coefficient (Wildman–Crippen LogP) is 3.06. The first kappa shape index (κ1) is 9.72. The first-order valence-corrected chi connectivity index (χ1v) is 5.72. The topological polar surface area (TPSA) is 12.0 Å². The molecule has 1 nitrogen and oxygen atoms in total. The van der Waals surface area contributed by atoms with E-state index in [0.29, 0.717) is 6.04 Å². The maximum atomic E-state index is 3.42. The van der Waals surface area contributed by atoms with Gasteiger partial charge in [0.15, 0.2) is 0 Å². The van der Waals surface area contributed by atoms with E-state index in [-0.39, 0.29) is 0 Å². The summed E-state index contributed by atoms with van der Waals surface area (Å²) in [5, 5.41) is 3.42. The van der Waals surface area contributed by atoms with Gasteiger partial charge in [-0.25, -0.2) is 0 Å². The van der Waals surface area contributed by atoms with Crippen molar-refractivity contribution in [3.8, 4) is 0 Å². The summed E-state index contributed by atoms with van der Waals surface area (Å²) in [7, 11) is 0. The van der Waals surface area contributed by atoms with E-state index in [1.165, 1.54) is 43.4 Å². The van der Waals surface area contributed by atoms with Gasteiger partial charge in [-0.3, -0.25) is 0 Å². The molecule has 76 valence electrons. The Hall–Kier alpha value is -0.820. The molecule has 0 spiro atoms. The van der Waals surface area contributed by atoms with Crippen molar-refractivity contribution in [3.63, 3.8) is 0 Å². The van der Waals surface area contributed by atoms with Crippen molar-refractivity contribution < 1.29 is 0 Å². The molecule has 1 fully saturated rings. The summed E-state index contributed by atoms with van der Waals surface area (Å²) >= 11 is 0. The van der Waals surface area contributed by atoms with E-state index in [9.17, 15) is 0 Å². The molecule has 0 aliphatic carbocycles. The highest BCUT2D eigenvalue weighted by molar-refractivity contribution is 5.26. The highest BCUT2D eigenvalue weighted by atomic mass is 15.0. The van der Waals surface area contributed by atoms with Crippen molar-refractivity contribution in [1.29, 1.82) is 0 Å². The van der Waals surface area contributed by atoms with Crippen LogP contribution in [0, 0.1) is 0 Å². The van der Waals surface area contributed by atoms with E-state index >= 15 is 0 Å². The zero-order chi connectivity index (χ0) is 9.80. The zero-order valence-electron chi connectivity index (χ0n) is 8.92. The third-order valence-electron chi connectivity index (χ3n) is 3.02. The fourth-order valence-electron chi connectivity index (χ4n) is 1.87. The minimum Gasteiger partial charge on any atom is -0.310 e. The Bertz CT molecular complexity index is 272. The van der Waals surface area contributed by atoms with Crippen LogP contribution in [-0.4, -0.2) is 6.54 Å². The van der Waals surface area contributed by atoms with Crippen LogP contribution < -0.4 is 5.32 Å². The van der Waals surface area contributed by atoms with Gasteiger partial charge >= 0.3 is 0 Å². The Balaban J connectivity index is 1.95. The second-order valence-electron chi connectivity index (χ2n) is 4.14. The Labute approximate surface area is 86.5 Å². The zero-order valence-corrected chi connectivity index (χ0v) is 8.92. The van der Waals surface area contributed by atoms with Crippen LogP contribution in [-0.2, 0) is 6.42 Å². The molecule has 1 aliphatic rings. The van der Waals surface area contributed by atoms with E-state index in [1.807, 2.05) is 0 Å². The SMILES string of the molecule is CCCCc1ccc(C2CCN2)cc1. The summed E-state index contributed by atoms with van der Waals surface area (Å²) in [5.74, 6) is 0. The number of benzene rings is 1. The fourth-order valence-corrected chi connectivity index (χ4v) is 1.87. The van der Waals surface area contributed by atoms with Crippen LogP contribution >= 0.6 is 0 Å². The normalized spacial score (nSPS) is 20.5. The standard InChI is InChI=1S/C13H19N/c1-2-3-4-11-5-7-12(8-6-11)13-9-10-14-13/h5-8,13-14H,2-4,9-10H2,1H3. The smallest absolute Gasteiger partial charge is 0.0332 e. The molecule has 1 unspecified atom stereocenters. The molecule has 0 bridgehead atoms. The molecular weight excluding hydrogens is 170 g/mol. The van der Waals surface area contributed by atoms with Crippen LogP contribution in [0.2, 0.25) is 0 Å². The lowest BCUT2D eigenvalue weighted by Crippen LogP contribution is -2.34. The third-order valence-corrected chi connectivity index (χ3v) is 3.02. The van der Waals surface area contributed by atoms with Crippen LogP contribution in [0.5, 0.6) is 0 Å². The van der Waals surface area contributed by atoms with Gasteiger partial charge in [0, 0.05) is 6.04 Å². The van der Waals surface area contributed by atoms with Crippen molar-refractivity contribution in [2.45, 2.75) is 38.6 Å². The molecule has 1 aliphatic heterocycles. The van der Waals surface area contributed by atoms with Gasteiger partial charge in [-0.15, -0.1) is 0 Å². The van der Waals surface area contributed by atoms with Gasteiger partial charge in [0.25, 0.3) is 0 Å². The summed E-state index contributed by atoms with van der Waals surface area (Å²) < 4.78 is 0. The van der Waals surface area contributed by atoms with Crippen LogP contribution in [0.15, 0.2) is 24.3 Å². The molecule has 0 radical (unpaired) electrons. The summed E-state index contributed by atoms with van der Waals surface area (Å²) in [6.45, 7) is 3.43. The molecule has 1 heterocycles. The maximum Gasteiger partial charge on any atom is 0.0332 e. The lowest BCUT2D eigenvalue weighted by atomic mass is 9.96. The Morgan fingerprint density at radius 1 is 1.29 bits per heavy atom. The average Bonchev–Trinajstić information content (AvgIpc) is 2.14. The molecule has 1 saturated heterocycles. The van der Waals surface area contributed by atoms with Gasteiger partial charge in [0.05, 0.1) is 0 Å². The first-order chi connectivity index (χ1) is 6.90. The van der Waals surface area contributed by atoms with Gasteiger partial charge in [-0.2, -0.15) is 0 Å². The van der Waals surface area contributed by atoms with Crippen LogP contribution in [0.4, 0.5) is 0 Å². The minimum absolute atomic E-state index is 0.634. The monoisotopic (exact) mass is 189 g/mol. The number of hydrogen-bond donors (Lipinski definition) is 1. The Kier molecular flexibility index (Phi) is 3.20. The van der Waals surface area contributed by atoms with Crippen molar-refractivity contribution in [1.82, 2.24) is 5.32 Å². The number of rotatable bonds is 4. The van der Waals surface area contributed by atoms with Gasteiger partial charge < -0.3 is 5.32 Å². The third kappa shape index (κ3) is 2.16. The molecule has 1 aromatic carbocycles. The minimum atomic E-state index is 0.634. The highest BCUT2D eigenvalue weighted by Crippen LogP contribution is 2.22. The van der Waals surface area contributed by atoms with Crippen LogP contribution in [0.3, 0.4) is 0 Å². The van der Waals surface area contributed by atoms with E-state index in [2.05, 4.69) is 36.5 Å².